The Balaban J connectivity index is 2.09. The molecule has 4 nitrogen and oxygen atoms in total. The van der Waals surface area contributed by atoms with Crippen molar-refractivity contribution in [2.24, 2.45) is 0 Å². The molecule has 1 heterocycles. The molecular weight excluding hydrogens is 247 g/mol. The molecule has 0 bridgehead atoms. The van der Waals surface area contributed by atoms with Crippen molar-refractivity contribution < 1.29 is 13.7 Å². The summed E-state index contributed by atoms with van der Waals surface area (Å²) < 4.78 is 18.6. The highest BCUT2D eigenvalue weighted by molar-refractivity contribution is 5.78. The maximum absolute atomic E-state index is 13.5. The van der Waals surface area contributed by atoms with Gasteiger partial charge in [-0.25, -0.2) is 4.39 Å². The minimum Gasteiger partial charge on any atom is -0.356 e. The van der Waals surface area contributed by atoms with E-state index in [0.717, 1.165) is 0 Å². The molecular formula is C14H13FN2O2. The molecule has 1 aromatic carbocycles. The Morgan fingerprint density at radius 2 is 2.26 bits per heavy atom. The van der Waals surface area contributed by atoms with Gasteiger partial charge in [0.2, 0.25) is 5.91 Å². The van der Waals surface area contributed by atoms with Crippen molar-refractivity contribution in [3.8, 4) is 11.3 Å². The molecule has 0 aliphatic rings. The monoisotopic (exact) mass is 260 g/mol. The van der Waals surface area contributed by atoms with Crippen molar-refractivity contribution in [3.63, 3.8) is 0 Å². The molecule has 0 aliphatic heterocycles. The van der Waals surface area contributed by atoms with Gasteiger partial charge < -0.3 is 9.84 Å². The Bertz CT molecular complexity index is 593. The maximum Gasteiger partial charge on any atom is 0.226 e. The Hall–Kier alpha value is -2.43. The van der Waals surface area contributed by atoms with Crippen LogP contribution < -0.4 is 5.32 Å². The third kappa shape index (κ3) is 3.28. The molecule has 0 atom stereocenters. The number of nitrogens with zero attached hydrogens (tertiary/aromatic N) is 1. The van der Waals surface area contributed by atoms with Crippen LogP contribution in [0.15, 0.2) is 47.5 Å². The molecule has 98 valence electrons. The Morgan fingerprint density at radius 1 is 1.47 bits per heavy atom. The molecule has 1 N–H and O–H groups in total. The zero-order valence-electron chi connectivity index (χ0n) is 10.2. The molecule has 0 fully saturated rings. The predicted octanol–water partition coefficient (Wildman–Crippen LogP) is 2.33. The Morgan fingerprint density at radius 3 is 3.00 bits per heavy atom. The molecule has 2 aromatic rings. The van der Waals surface area contributed by atoms with Crippen LogP contribution in [0.1, 0.15) is 5.69 Å². The van der Waals surface area contributed by atoms with Crippen LogP contribution in [0.25, 0.3) is 11.3 Å². The summed E-state index contributed by atoms with van der Waals surface area (Å²) in [4.78, 5) is 11.5. The highest BCUT2D eigenvalue weighted by Crippen LogP contribution is 2.23. The van der Waals surface area contributed by atoms with E-state index < -0.39 is 0 Å². The molecule has 0 saturated carbocycles. The van der Waals surface area contributed by atoms with Crippen molar-refractivity contribution in [2.75, 3.05) is 6.54 Å². The number of hydrogen-bond acceptors (Lipinski definition) is 3. The summed E-state index contributed by atoms with van der Waals surface area (Å²) in [5, 5.41) is 6.38. The summed E-state index contributed by atoms with van der Waals surface area (Å²) >= 11 is 0. The highest BCUT2D eigenvalue weighted by Gasteiger charge is 2.12. The second-order valence-electron chi connectivity index (χ2n) is 3.93. The van der Waals surface area contributed by atoms with Crippen LogP contribution in [0, 0.1) is 5.82 Å². The summed E-state index contributed by atoms with van der Waals surface area (Å²) in [6.07, 6.45) is 1.68. The van der Waals surface area contributed by atoms with Gasteiger partial charge in [-0.15, -0.1) is 6.58 Å². The predicted molar refractivity (Wildman–Crippen MR) is 68.8 cm³/mol. The fourth-order valence-corrected chi connectivity index (χ4v) is 1.60. The SMILES string of the molecule is C=CCNC(=O)Cc1cc(-c2ccccc2F)on1. The van der Waals surface area contributed by atoms with E-state index in [9.17, 15) is 9.18 Å². The lowest BCUT2D eigenvalue weighted by Crippen LogP contribution is -2.24. The van der Waals surface area contributed by atoms with Gasteiger partial charge in [0.15, 0.2) is 5.76 Å². The standard InChI is InChI=1S/C14H13FN2O2/c1-2-7-16-14(18)9-10-8-13(19-17-10)11-5-3-4-6-12(11)15/h2-6,8H,1,7,9H2,(H,16,18). The summed E-state index contributed by atoms with van der Waals surface area (Å²) in [7, 11) is 0. The molecule has 1 amide bonds. The van der Waals surface area contributed by atoms with Crippen LogP contribution in [-0.4, -0.2) is 17.6 Å². The normalized spacial score (nSPS) is 10.2. The number of aromatic nitrogens is 1. The Labute approximate surface area is 109 Å². The molecule has 19 heavy (non-hydrogen) atoms. The van der Waals surface area contributed by atoms with Crippen LogP contribution in [-0.2, 0) is 11.2 Å². The van der Waals surface area contributed by atoms with Crippen molar-refractivity contribution in [1.29, 1.82) is 0 Å². The molecule has 2 rings (SSSR count). The van der Waals surface area contributed by atoms with Crippen LogP contribution >= 0.6 is 0 Å². The third-order valence-corrected chi connectivity index (χ3v) is 2.48. The number of carbonyl (C=O) groups excluding carboxylic acids is 1. The minimum atomic E-state index is -0.388. The van der Waals surface area contributed by atoms with Crippen LogP contribution in [0.5, 0.6) is 0 Å². The summed E-state index contributed by atoms with van der Waals surface area (Å²) in [6.45, 7) is 3.90. The maximum atomic E-state index is 13.5. The fourth-order valence-electron chi connectivity index (χ4n) is 1.60. The lowest BCUT2D eigenvalue weighted by atomic mass is 10.1. The molecule has 0 aliphatic carbocycles. The van der Waals surface area contributed by atoms with Crippen molar-refractivity contribution >= 4 is 5.91 Å². The smallest absolute Gasteiger partial charge is 0.226 e. The summed E-state index contributed by atoms with van der Waals surface area (Å²) in [6, 6.07) is 7.80. The first-order valence-corrected chi connectivity index (χ1v) is 5.79. The van der Waals surface area contributed by atoms with Gasteiger partial charge in [-0.3, -0.25) is 4.79 Å². The van der Waals surface area contributed by atoms with Crippen LogP contribution in [0.3, 0.4) is 0 Å². The number of benzene rings is 1. The van der Waals surface area contributed by atoms with E-state index in [4.69, 9.17) is 4.52 Å². The van der Waals surface area contributed by atoms with E-state index in [1.807, 2.05) is 0 Å². The number of hydrogen-bond donors (Lipinski definition) is 1. The van der Waals surface area contributed by atoms with Gasteiger partial charge >= 0.3 is 0 Å². The lowest BCUT2D eigenvalue weighted by Gasteiger charge is -1.98. The number of carbonyl (C=O) groups is 1. The zero-order valence-corrected chi connectivity index (χ0v) is 10.2. The topological polar surface area (TPSA) is 55.1 Å². The number of halogens is 1. The van der Waals surface area contributed by atoms with E-state index in [1.54, 1.807) is 30.3 Å². The number of rotatable bonds is 5. The van der Waals surface area contributed by atoms with Gasteiger partial charge in [-0.2, -0.15) is 0 Å². The van der Waals surface area contributed by atoms with E-state index in [2.05, 4.69) is 17.1 Å². The number of nitrogens with one attached hydrogen (secondary N) is 1. The minimum absolute atomic E-state index is 0.0891. The quantitative estimate of drug-likeness (QED) is 0.839. The first-order chi connectivity index (χ1) is 9.20. The molecule has 0 spiro atoms. The van der Waals surface area contributed by atoms with Gasteiger partial charge in [0, 0.05) is 12.6 Å². The van der Waals surface area contributed by atoms with E-state index >= 15 is 0 Å². The molecule has 0 radical (unpaired) electrons. The van der Waals surface area contributed by atoms with E-state index in [-0.39, 0.29) is 18.1 Å². The first-order valence-electron chi connectivity index (χ1n) is 5.79. The van der Waals surface area contributed by atoms with Crippen molar-refractivity contribution in [3.05, 3.63) is 54.5 Å². The molecule has 1 aromatic heterocycles. The van der Waals surface area contributed by atoms with E-state index in [1.165, 1.54) is 6.07 Å². The van der Waals surface area contributed by atoms with Crippen LogP contribution in [0.2, 0.25) is 0 Å². The summed E-state index contributed by atoms with van der Waals surface area (Å²) in [5.74, 6) is -0.265. The van der Waals surface area contributed by atoms with Crippen LogP contribution in [0.4, 0.5) is 4.39 Å². The van der Waals surface area contributed by atoms with Crippen molar-refractivity contribution in [2.45, 2.75) is 6.42 Å². The largest absolute Gasteiger partial charge is 0.356 e. The van der Waals surface area contributed by atoms with Gasteiger partial charge in [0.1, 0.15) is 5.82 Å². The number of amides is 1. The average molecular weight is 260 g/mol. The van der Waals surface area contributed by atoms with Gasteiger partial charge in [-0.05, 0) is 12.1 Å². The third-order valence-electron chi connectivity index (χ3n) is 2.48. The highest BCUT2D eigenvalue weighted by atomic mass is 19.1. The van der Waals surface area contributed by atoms with Gasteiger partial charge in [-0.1, -0.05) is 23.4 Å². The van der Waals surface area contributed by atoms with Gasteiger partial charge in [0.25, 0.3) is 0 Å². The van der Waals surface area contributed by atoms with Gasteiger partial charge in [0.05, 0.1) is 17.7 Å². The van der Waals surface area contributed by atoms with Crippen molar-refractivity contribution in [1.82, 2.24) is 10.5 Å². The summed E-state index contributed by atoms with van der Waals surface area (Å²) in [5.41, 5.74) is 0.785. The lowest BCUT2D eigenvalue weighted by molar-refractivity contribution is -0.120. The molecule has 5 heteroatoms. The van der Waals surface area contributed by atoms with E-state index in [0.29, 0.717) is 23.6 Å². The average Bonchev–Trinajstić information content (AvgIpc) is 2.85. The first kappa shape index (κ1) is 13.0. The zero-order chi connectivity index (χ0) is 13.7. The molecule has 0 saturated heterocycles. The fraction of sp³-hybridized carbons (Fsp3) is 0.143. The second kappa shape index (κ2) is 5.95. The Kier molecular flexibility index (Phi) is 4.07. The second-order valence-corrected chi connectivity index (χ2v) is 3.93. The molecule has 0 unspecified atom stereocenters.